The number of rotatable bonds is 2. The Morgan fingerprint density at radius 3 is 2.47 bits per heavy atom. The lowest BCUT2D eigenvalue weighted by atomic mass is 10.3. The zero-order valence-electron chi connectivity index (χ0n) is 7.59. The molecule has 0 amide bonds. The van der Waals surface area contributed by atoms with Gasteiger partial charge in [-0.05, 0) is 46.5 Å². The van der Waals surface area contributed by atoms with E-state index < -0.39 is 0 Å². The van der Waals surface area contributed by atoms with E-state index >= 15 is 0 Å². The normalized spacial score (nSPS) is 10.2. The van der Waals surface area contributed by atoms with E-state index in [0.717, 1.165) is 8.47 Å². The number of nitrogens with zero attached hydrogens (tertiary/aromatic N) is 2. The summed E-state index contributed by atoms with van der Waals surface area (Å²) in [4.78, 5) is 9.06. The molecular weight excluding hydrogens is 323 g/mol. The van der Waals surface area contributed by atoms with Crippen molar-refractivity contribution in [3.05, 3.63) is 40.2 Å². The second kappa shape index (κ2) is 4.80. The van der Waals surface area contributed by atoms with Crippen LogP contribution in [0.15, 0.2) is 46.7 Å². The van der Waals surface area contributed by atoms with Gasteiger partial charge in [-0.1, -0.05) is 12.1 Å². The van der Waals surface area contributed by atoms with Crippen LogP contribution in [0.5, 0.6) is 5.75 Å². The molecule has 15 heavy (non-hydrogen) atoms. The molecule has 1 aromatic carbocycles. The van der Waals surface area contributed by atoms with Crippen LogP contribution < -0.4 is 0 Å². The predicted molar refractivity (Wildman–Crippen MR) is 67.0 cm³/mol. The fourth-order valence-electron chi connectivity index (χ4n) is 0.995. The van der Waals surface area contributed by atoms with E-state index in [0.29, 0.717) is 5.16 Å². The number of phenolic OH excluding ortho intramolecular Hbond substituents is 1. The quantitative estimate of drug-likeness (QED) is 0.679. The number of benzene rings is 1. The Balaban J connectivity index is 2.22. The van der Waals surface area contributed by atoms with Crippen molar-refractivity contribution >= 4 is 34.4 Å². The lowest BCUT2D eigenvalue weighted by Crippen LogP contribution is -1.86. The molecule has 0 aliphatic rings. The number of halogens is 1. The molecule has 2 aromatic rings. The average Bonchev–Trinajstić information content (AvgIpc) is 2.25. The van der Waals surface area contributed by atoms with Crippen LogP contribution in [-0.4, -0.2) is 15.1 Å². The summed E-state index contributed by atoms with van der Waals surface area (Å²) in [6.45, 7) is 0. The molecule has 0 saturated carbocycles. The van der Waals surface area contributed by atoms with E-state index in [4.69, 9.17) is 0 Å². The van der Waals surface area contributed by atoms with Gasteiger partial charge in [-0.2, -0.15) is 0 Å². The fraction of sp³-hybridized carbons (Fsp3) is 0. The molecule has 5 heteroatoms. The minimum absolute atomic E-state index is 0.254. The van der Waals surface area contributed by atoms with E-state index in [2.05, 4.69) is 32.6 Å². The van der Waals surface area contributed by atoms with Crippen molar-refractivity contribution < 1.29 is 5.11 Å². The number of hydrogen-bond donors (Lipinski definition) is 1. The van der Waals surface area contributed by atoms with Gasteiger partial charge in [0.2, 0.25) is 0 Å². The van der Waals surface area contributed by atoms with Crippen LogP contribution in [-0.2, 0) is 0 Å². The van der Waals surface area contributed by atoms with Gasteiger partial charge in [0.15, 0.2) is 5.16 Å². The molecule has 3 nitrogen and oxygen atoms in total. The standard InChI is InChI=1S/C10H7IN2OS/c11-7-5-12-10(13-6-7)15-9-4-2-1-3-8(9)14/h1-6,14H. The molecule has 1 aromatic heterocycles. The zero-order chi connectivity index (χ0) is 10.7. The predicted octanol–water partition coefficient (Wildman–Crippen LogP) is 2.94. The van der Waals surface area contributed by atoms with Gasteiger partial charge in [-0.15, -0.1) is 0 Å². The van der Waals surface area contributed by atoms with E-state index in [1.165, 1.54) is 11.8 Å². The number of para-hydroxylation sites is 1. The molecule has 0 bridgehead atoms. The molecule has 1 N–H and O–H groups in total. The van der Waals surface area contributed by atoms with Gasteiger partial charge in [0.25, 0.3) is 0 Å². The maximum Gasteiger partial charge on any atom is 0.192 e. The second-order valence-corrected chi connectivity index (χ2v) is 5.01. The molecule has 2 rings (SSSR count). The first-order valence-corrected chi connectivity index (χ1v) is 6.08. The third kappa shape index (κ3) is 2.82. The van der Waals surface area contributed by atoms with E-state index in [9.17, 15) is 5.11 Å². The minimum atomic E-state index is 0.254. The molecule has 0 fully saturated rings. The Morgan fingerprint density at radius 1 is 1.13 bits per heavy atom. The van der Waals surface area contributed by atoms with Crippen molar-refractivity contribution in [1.29, 1.82) is 0 Å². The van der Waals surface area contributed by atoms with Crippen LogP contribution in [0.4, 0.5) is 0 Å². The van der Waals surface area contributed by atoms with Crippen molar-refractivity contribution in [3.63, 3.8) is 0 Å². The van der Waals surface area contributed by atoms with E-state index in [1.807, 2.05) is 12.1 Å². The van der Waals surface area contributed by atoms with Crippen molar-refractivity contribution in [2.75, 3.05) is 0 Å². The number of phenols is 1. The average molecular weight is 330 g/mol. The van der Waals surface area contributed by atoms with E-state index in [1.54, 1.807) is 24.5 Å². The molecule has 0 spiro atoms. The van der Waals surface area contributed by atoms with Crippen LogP contribution >= 0.6 is 34.4 Å². The van der Waals surface area contributed by atoms with Crippen molar-refractivity contribution in [2.24, 2.45) is 0 Å². The van der Waals surface area contributed by atoms with Gasteiger partial charge >= 0.3 is 0 Å². The Kier molecular flexibility index (Phi) is 3.42. The number of aromatic nitrogens is 2. The van der Waals surface area contributed by atoms with Crippen LogP contribution in [0.2, 0.25) is 0 Å². The summed E-state index contributed by atoms with van der Waals surface area (Å²) in [6, 6.07) is 7.14. The van der Waals surface area contributed by atoms with Crippen LogP contribution in [0.3, 0.4) is 0 Å². The van der Waals surface area contributed by atoms with Crippen LogP contribution in [0.1, 0.15) is 0 Å². The molecule has 1 heterocycles. The smallest absolute Gasteiger partial charge is 0.192 e. The monoisotopic (exact) mass is 330 g/mol. The minimum Gasteiger partial charge on any atom is -0.507 e. The van der Waals surface area contributed by atoms with Gasteiger partial charge in [0.1, 0.15) is 5.75 Å². The maximum atomic E-state index is 9.55. The first kappa shape index (κ1) is 10.7. The summed E-state index contributed by atoms with van der Waals surface area (Å²) in [5.74, 6) is 0.254. The highest BCUT2D eigenvalue weighted by Crippen LogP contribution is 2.31. The lowest BCUT2D eigenvalue weighted by molar-refractivity contribution is 0.462. The number of aromatic hydroxyl groups is 1. The topological polar surface area (TPSA) is 46.0 Å². The Bertz CT molecular complexity index is 461. The Morgan fingerprint density at radius 2 is 1.80 bits per heavy atom. The molecular formula is C10H7IN2OS. The van der Waals surface area contributed by atoms with Crippen molar-refractivity contribution in [2.45, 2.75) is 10.1 Å². The Hall–Kier alpha value is -0.820. The molecule has 0 aliphatic heterocycles. The molecule has 0 saturated heterocycles. The van der Waals surface area contributed by atoms with Crippen molar-refractivity contribution in [3.8, 4) is 5.75 Å². The highest BCUT2D eigenvalue weighted by Gasteiger charge is 2.04. The SMILES string of the molecule is Oc1ccccc1Sc1ncc(I)cn1. The lowest BCUT2D eigenvalue weighted by Gasteiger charge is -2.01. The van der Waals surface area contributed by atoms with Crippen LogP contribution in [0, 0.1) is 3.57 Å². The summed E-state index contributed by atoms with van der Waals surface area (Å²) in [5, 5.41) is 10.2. The molecule has 0 radical (unpaired) electrons. The van der Waals surface area contributed by atoms with Gasteiger partial charge in [-0.25, -0.2) is 9.97 Å². The Labute approximate surface area is 105 Å². The third-order valence-electron chi connectivity index (χ3n) is 1.66. The maximum absolute atomic E-state index is 9.55. The van der Waals surface area contributed by atoms with Crippen LogP contribution in [0.25, 0.3) is 0 Å². The molecule has 0 atom stereocenters. The van der Waals surface area contributed by atoms with Gasteiger partial charge in [0, 0.05) is 16.0 Å². The van der Waals surface area contributed by atoms with Gasteiger partial charge in [0.05, 0.1) is 4.90 Å². The number of hydrogen-bond acceptors (Lipinski definition) is 4. The summed E-state index contributed by atoms with van der Waals surface area (Å²) in [6.07, 6.45) is 3.49. The third-order valence-corrected chi connectivity index (χ3v) is 3.18. The second-order valence-electron chi connectivity index (χ2n) is 2.75. The van der Waals surface area contributed by atoms with Gasteiger partial charge < -0.3 is 5.11 Å². The molecule has 76 valence electrons. The molecule has 0 unspecified atom stereocenters. The summed E-state index contributed by atoms with van der Waals surface area (Å²) in [5.41, 5.74) is 0. The zero-order valence-corrected chi connectivity index (χ0v) is 10.6. The highest BCUT2D eigenvalue weighted by atomic mass is 127. The highest BCUT2D eigenvalue weighted by molar-refractivity contribution is 14.1. The van der Waals surface area contributed by atoms with Crippen molar-refractivity contribution in [1.82, 2.24) is 9.97 Å². The first-order valence-electron chi connectivity index (χ1n) is 4.19. The largest absolute Gasteiger partial charge is 0.507 e. The molecule has 0 aliphatic carbocycles. The summed E-state index contributed by atoms with van der Waals surface area (Å²) >= 11 is 3.50. The summed E-state index contributed by atoms with van der Waals surface area (Å²) < 4.78 is 0.995. The van der Waals surface area contributed by atoms with E-state index in [-0.39, 0.29) is 5.75 Å². The fourth-order valence-corrected chi connectivity index (χ4v) is 2.00. The van der Waals surface area contributed by atoms with Gasteiger partial charge in [-0.3, -0.25) is 0 Å². The summed E-state index contributed by atoms with van der Waals surface area (Å²) in [7, 11) is 0. The first-order chi connectivity index (χ1) is 7.25.